The molecule has 0 atom stereocenters. The summed E-state index contributed by atoms with van der Waals surface area (Å²) in [5.74, 6) is -0.346. The molecule has 0 radical (unpaired) electrons. The van der Waals surface area contributed by atoms with Gasteiger partial charge in [-0.25, -0.2) is 8.42 Å². The van der Waals surface area contributed by atoms with Gasteiger partial charge in [-0.05, 0) is 12.8 Å². The SMILES string of the molecule is O=S(=O)([O-])CCCCCCCCCC(F)(F)F. The zero-order valence-corrected chi connectivity index (χ0v) is 10.4. The van der Waals surface area contributed by atoms with Crippen molar-refractivity contribution in [2.45, 2.75) is 57.5 Å². The lowest BCUT2D eigenvalue weighted by Gasteiger charge is -2.06. The second-order valence-electron chi connectivity index (χ2n) is 4.10. The van der Waals surface area contributed by atoms with Crippen molar-refractivity contribution in [1.29, 1.82) is 0 Å². The van der Waals surface area contributed by atoms with Crippen molar-refractivity contribution in [2.75, 3.05) is 5.75 Å². The summed E-state index contributed by atoms with van der Waals surface area (Å²) in [6.45, 7) is 0. The fourth-order valence-electron chi connectivity index (χ4n) is 1.49. The van der Waals surface area contributed by atoms with Crippen LogP contribution in [0.4, 0.5) is 13.2 Å². The van der Waals surface area contributed by atoms with E-state index in [0.29, 0.717) is 19.3 Å². The molecule has 0 aliphatic rings. The molecule has 0 aromatic carbocycles. The summed E-state index contributed by atoms with van der Waals surface area (Å²) in [5.41, 5.74) is 0. The first-order chi connectivity index (χ1) is 7.71. The molecule has 0 amide bonds. The summed E-state index contributed by atoms with van der Waals surface area (Å²) >= 11 is 0. The molecule has 0 aliphatic carbocycles. The van der Waals surface area contributed by atoms with Crippen LogP contribution in [0, 0.1) is 0 Å². The highest BCUT2D eigenvalue weighted by Crippen LogP contribution is 2.23. The second kappa shape index (κ2) is 7.92. The van der Waals surface area contributed by atoms with Crippen molar-refractivity contribution in [2.24, 2.45) is 0 Å². The Morgan fingerprint density at radius 1 is 0.824 bits per heavy atom. The maximum absolute atomic E-state index is 11.8. The topological polar surface area (TPSA) is 57.2 Å². The van der Waals surface area contributed by atoms with Crippen molar-refractivity contribution in [3.05, 3.63) is 0 Å². The maximum atomic E-state index is 11.8. The van der Waals surface area contributed by atoms with Gasteiger partial charge in [-0.15, -0.1) is 0 Å². The van der Waals surface area contributed by atoms with E-state index in [4.69, 9.17) is 0 Å². The first-order valence-electron chi connectivity index (χ1n) is 5.71. The number of rotatable bonds is 9. The quantitative estimate of drug-likeness (QED) is 0.479. The highest BCUT2D eigenvalue weighted by molar-refractivity contribution is 7.85. The number of hydrogen-bond donors (Lipinski definition) is 0. The van der Waals surface area contributed by atoms with Gasteiger partial charge in [0.1, 0.15) is 0 Å². The van der Waals surface area contributed by atoms with Gasteiger partial charge < -0.3 is 4.55 Å². The van der Waals surface area contributed by atoms with Crippen LogP contribution in [0.1, 0.15) is 51.4 Å². The predicted octanol–water partition coefficient (Wildman–Crippen LogP) is 3.21. The van der Waals surface area contributed by atoms with E-state index in [9.17, 15) is 26.1 Å². The van der Waals surface area contributed by atoms with Crippen LogP contribution in [0.15, 0.2) is 0 Å². The third-order valence-electron chi connectivity index (χ3n) is 2.35. The van der Waals surface area contributed by atoms with Crippen molar-refractivity contribution in [1.82, 2.24) is 0 Å². The van der Waals surface area contributed by atoms with Gasteiger partial charge in [0, 0.05) is 12.2 Å². The zero-order chi connectivity index (χ0) is 13.4. The first-order valence-corrected chi connectivity index (χ1v) is 7.29. The third kappa shape index (κ3) is 15.7. The molecule has 0 spiro atoms. The normalized spacial score (nSPS) is 12.9. The van der Waals surface area contributed by atoms with E-state index in [1.807, 2.05) is 0 Å². The standard InChI is InChI=1S/C10H19F3O3S/c11-10(12,13)8-6-4-2-1-3-5-7-9-17(14,15)16/h1-9H2,(H,14,15,16)/p-1. The summed E-state index contributed by atoms with van der Waals surface area (Å²) in [6.07, 6.45) is -0.852. The number of alkyl halides is 3. The fraction of sp³-hybridized carbons (Fsp3) is 1.00. The highest BCUT2D eigenvalue weighted by Gasteiger charge is 2.25. The smallest absolute Gasteiger partial charge is 0.389 e. The summed E-state index contributed by atoms with van der Waals surface area (Å²) in [4.78, 5) is 0. The van der Waals surface area contributed by atoms with Crippen molar-refractivity contribution in [3.8, 4) is 0 Å². The summed E-state index contributed by atoms with van der Waals surface area (Å²) in [6, 6.07) is 0. The van der Waals surface area contributed by atoms with E-state index in [2.05, 4.69) is 0 Å². The number of hydrogen-bond acceptors (Lipinski definition) is 3. The van der Waals surface area contributed by atoms with Gasteiger partial charge >= 0.3 is 6.18 Å². The molecule has 17 heavy (non-hydrogen) atoms. The maximum Gasteiger partial charge on any atom is 0.389 e. The Hall–Kier alpha value is -0.300. The Morgan fingerprint density at radius 2 is 1.24 bits per heavy atom. The lowest BCUT2D eigenvalue weighted by atomic mass is 10.1. The molecule has 0 saturated heterocycles. The van der Waals surface area contributed by atoms with E-state index >= 15 is 0 Å². The molecule has 7 heteroatoms. The molecule has 0 saturated carbocycles. The number of unbranched alkanes of at least 4 members (excludes halogenated alkanes) is 6. The minimum absolute atomic E-state index is 0.151. The largest absolute Gasteiger partial charge is 0.748 e. The molecule has 0 aromatic heterocycles. The van der Waals surface area contributed by atoms with E-state index in [1.165, 1.54) is 0 Å². The molecule has 0 aromatic rings. The van der Waals surface area contributed by atoms with Crippen molar-refractivity contribution in [3.63, 3.8) is 0 Å². The molecular formula is C10H18F3O3S-. The average molecular weight is 275 g/mol. The molecule has 104 valence electrons. The number of halogens is 3. The molecule has 0 rings (SSSR count). The average Bonchev–Trinajstić information content (AvgIpc) is 2.11. The lowest BCUT2D eigenvalue weighted by Crippen LogP contribution is -2.06. The highest BCUT2D eigenvalue weighted by atomic mass is 32.2. The fourth-order valence-corrected chi connectivity index (χ4v) is 2.05. The van der Waals surface area contributed by atoms with Crippen molar-refractivity contribution < 1.29 is 26.1 Å². The summed E-state index contributed by atoms with van der Waals surface area (Å²) < 4.78 is 66.0. The molecule has 0 heterocycles. The van der Waals surface area contributed by atoms with Crippen molar-refractivity contribution >= 4 is 10.1 Å². The molecule has 0 aliphatic heterocycles. The van der Waals surface area contributed by atoms with Gasteiger partial charge in [0.2, 0.25) is 0 Å². The first kappa shape index (κ1) is 16.7. The van der Waals surface area contributed by atoms with E-state index in [-0.39, 0.29) is 12.2 Å². The Morgan fingerprint density at radius 3 is 1.65 bits per heavy atom. The molecular weight excluding hydrogens is 257 g/mol. The van der Waals surface area contributed by atoms with Crippen LogP contribution in [0.5, 0.6) is 0 Å². The Balaban J connectivity index is 3.20. The molecule has 0 N–H and O–H groups in total. The third-order valence-corrected chi connectivity index (χ3v) is 3.14. The van der Waals surface area contributed by atoms with Gasteiger partial charge in [0.15, 0.2) is 0 Å². The van der Waals surface area contributed by atoms with Gasteiger partial charge in [0.05, 0.1) is 10.1 Å². The minimum Gasteiger partial charge on any atom is -0.748 e. The molecule has 0 bridgehead atoms. The van der Waals surface area contributed by atoms with Crippen LogP contribution in [-0.2, 0) is 10.1 Å². The minimum atomic E-state index is -4.12. The van der Waals surface area contributed by atoms with Crippen LogP contribution < -0.4 is 0 Å². The Bertz CT molecular complexity index is 286. The zero-order valence-electron chi connectivity index (χ0n) is 9.63. The van der Waals surface area contributed by atoms with Gasteiger partial charge in [-0.2, -0.15) is 13.2 Å². The van der Waals surface area contributed by atoms with Crippen LogP contribution in [0.2, 0.25) is 0 Å². The van der Waals surface area contributed by atoms with Crippen LogP contribution in [0.25, 0.3) is 0 Å². The van der Waals surface area contributed by atoms with Gasteiger partial charge in [0.25, 0.3) is 0 Å². The lowest BCUT2D eigenvalue weighted by molar-refractivity contribution is -0.135. The Labute approximate surface area is 100 Å². The Kier molecular flexibility index (Phi) is 7.78. The van der Waals surface area contributed by atoms with Crippen LogP contribution in [-0.4, -0.2) is 24.9 Å². The van der Waals surface area contributed by atoms with Crippen LogP contribution in [0.3, 0.4) is 0 Å². The van der Waals surface area contributed by atoms with Gasteiger partial charge in [-0.1, -0.05) is 32.1 Å². The molecule has 3 nitrogen and oxygen atoms in total. The predicted molar refractivity (Wildman–Crippen MR) is 57.6 cm³/mol. The monoisotopic (exact) mass is 275 g/mol. The summed E-state index contributed by atoms with van der Waals surface area (Å²) in [5, 5.41) is 0. The summed E-state index contributed by atoms with van der Waals surface area (Å²) in [7, 11) is -4.12. The van der Waals surface area contributed by atoms with Crippen LogP contribution >= 0.6 is 0 Å². The second-order valence-corrected chi connectivity index (χ2v) is 5.63. The van der Waals surface area contributed by atoms with Gasteiger partial charge in [-0.3, -0.25) is 0 Å². The van der Waals surface area contributed by atoms with E-state index in [0.717, 1.165) is 19.3 Å². The van der Waals surface area contributed by atoms with E-state index in [1.54, 1.807) is 0 Å². The molecule has 0 unspecified atom stereocenters. The molecule has 0 fully saturated rings. The van der Waals surface area contributed by atoms with E-state index < -0.39 is 22.7 Å².